The standard InChI is InChI=1S/C23H29FN6O.HI/c24-19-6-8-21(9-7-19)28-12-16-30(17-13-28)23(25)26-18-22(31)29-14-10-27(11-15-29)20-4-2-1-3-5-20;/h1-9H,10-18H2,(H2,25,26);1H. The fourth-order valence-electron chi connectivity index (χ4n) is 4.05. The lowest BCUT2D eigenvalue weighted by atomic mass is 10.2. The van der Waals surface area contributed by atoms with E-state index in [-0.39, 0.29) is 42.2 Å². The minimum atomic E-state index is -0.232. The number of para-hydroxylation sites is 1. The zero-order valence-electron chi connectivity index (χ0n) is 18.1. The number of nitrogens with zero attached hydrogens (tertiary/aromatic N) is 5. The fraction of sp³-hybridized carbons (Fsp3) is 0.391. The summed E-state index contributed by atoms with van der Waals surface area (Å²) in [6.45, 7) is 6.09. The third-order valence-electron chi connectivity index (χ3n) is 5.93. The third kappa shape index (κ3) is 6.02. The number of aliphatic imine (C=N–C) groups is 1. The van der Waals surface area contributed by atoms with E-state index >= 15 is 0 Å². The van der Waals surface area contributed by atoms with Gasteiger partial charge in [-0.2, -0.15) is 0 Å². The highest BCUT2D eigenvalue weighted by Crippen LogP contribution is 2.17. The van der Waals surface area contributed by atoms with Crippen molar-refractivity contribution in [3.63, 3.8) is 0 Å². The summed E-state index contributed by atoms with van der Waals surface area (Å²) in [5.41, 5.74) is 8.35. The maximum Gasteiger partial charge on any atom is 0.244 e. The molecule has 7 nitrogen and oxygen atoms in total. The van der Waals surface area contributed by atoms with E-state index in [1.165, 1.54) is 17.8 Å². The minimum absolute atomic E-state index is 0. The SMILES string of the molecule is I.NC(=NCC(=O)N1CCN(c2ccccc2)CC1)N1CCN(c2ccc(F)cc2)CC1. The highest BCUT2D eigenvalue weighted by Gasteiger charge is 2.22. The molecule has 2 aromatic rings. The van der Waals surface area contributed by atoms with Crippen molar-refractivity contribution < 1.29 is 9.18 Å². The van der Waals surface area contributed by atoms with Crippen molar-refractivity contribution in [1.29, 1.82) is 0 Å². The number of carbonyl (C=O) groups excluding carboxylic acids is 1. The number of halogens is 2. The first-order valence-corrected chi connectivity index (χ1v) is 10.7. The molecule has 0 unspecified atom stereocenters. The first-order chi connectivity index (χ1) is 15.1. The zero-order valence-corrected chi connectivity index (χ0v) is 20.4. The van der Waals surface area contributed by atoms with Gasteiger partial charge in [-0.15, -0.1) is 24.0 Å². The Kier molecular flexibility index (Phi) is 8.54. The lowest BCUT2D eigenvalue weighted by Gasteiger charge is -2.37. The Morgan fingerprint density at radius 1 is 0.781 bits per heavy atom. The van der Waals surface area contributed by atoms with Crippen molar-refractivity contribution in [3.05, 3.63) is 60.4 Å². The molecule has 4 rings (SSSR count). The van der Waals surface area contributed by atoms with Crippen LogP contribution in [0, 0.1) is 5.82 Å². The third-order valence-corrected chi connectivity index (χ3v) is 5.93. The molecular formula is C23H30FIN6O. The lowest BCUT2D eigenvalue weighted by molar-refractivity contribution is -0.129. The minimum Gasteiger partial charge on any atom is -0.370 e. The van der Waals surface area contributed by atoms with Gasteiger partial charge < -0.3 is 25.3 Å². The van der Waals surface area contributed by atoms with Crippen molar-refractivity contribution in [1.82, 2.24) is 9.80 Å². The molecule has 2 fully saturated rings. The van der Waals surface area contributed by atoms with E-state index < -0.39 is 0 Å². The van der Waals surface area contributed by atoms with Crippen LogP contribution in [0.2, 0.25) is 0 Å². The number of carbonyl (C=O) groups is 1. The van der Waals surface area contributed by atoms with Crippen molar-refractivity contribution in [3.8, 4) is 0 Å². The molecule has 32 heavy (non-hydrogen) atoms. The van der Waals surface area contributed by atoms with E-state index in [1.54, 1.807) is 12.1 Å². The Bertz CT molecular complexity index is 894. The Morgan fingerprint density at radius 2 is 1.28 bits per heavy atom. The molecule has 0 saturated carbocycles. The Morgan fingerprint density at radius 3 is 1.84 bits per heavy atom. The summed E-state index contributed by atoms with van der Waals surface area (Å²) in [7, 11) is 0. The van der Waals surface area contributed by atoms with Crippen LogP contribution in [0.3, 0.4) is 0 Å². The molecule has 2 aliphatic rings. The van der Waals surface area contributed by atoms with Crippen molar-refractivity contribution in [2.45, 2.75) is 0 Å². The van der Waals surface area contributed by atoms with Gasteiger partial charge >= 0.3 is 0 Å². The molecule has 0 atom stereocenters. The molecule has 2 heterocycles. The lowest BCUT2D eigenvalue weighted by Crippen LogP contribution is -2.52. The predicted octanol–water partition coefficient (Wildman–Crippen LogP) is 2.23. The van der Waals surface area contributed by atoms with Crippen LogP contribution in [0.1, 0.15) is 0 Å². The van der Waals surface area contributed by atoms with Gasteiger partial charge in [-0.3, -0.25) is 4.79 Å². The highest BCUT2D eigenvalue weighted by atomic mass is 127. The molecule has 0 aromatic heterocycles. The van der Waals surface area contributed by atoms with Crippen LogP contribution in [0.4, 0.5) is 15.8 Å². The average molecular weight is 552 g/mol. The number of amides is 1. The monoisotopic (exact) mass is 552 g/mol. The van der Waals surface area contributed by atoms with E-state index in [0.29, 0.717) is 19.0 Å². The molecular weight excluding hydrogens is 522 g/mol. The number of nitrogens with two attached hydrogens (primary N) is 1. The molecule has 1 amide bonds. The maximum absolute atomic E-state index is 13.1. The summed E-state index contributed by atoms with van der Waals surface area (Å²) in [6.07, 6.45) is 0. The molecule has 2 aromatic carbocycles. The number of piperazine rings is 2. The fourth-order valence-corrected chi connectivity index (χ4v) is 4.05. The molecule has 0 spiro atoms. The van der Waals surface area contributed by atoms with E-state index in [2.05, 4.69) is 26.9 Å². The smallest absolute Gasteiger partial charge is 0.244 e. The molecule has 2 aliphatic heterocycles. The summed E-state index contributed by atoms with van der Waals surface area (Å²) >= 11 is 0. The van der Waals surface area contributed by atoms with E-state index in [0.717, 1.165) is 45.0 Å². The van der Waals surface area contributed by atoms with Crippen LogP contribution in [-0.4, -0.2) is 80.6 Å². The molecule has 172 valence electrons. The normalized spacial score (nSPS) is 17.2. The quantitative estimate of drug-likeness (QED) is 0.358. The number of rotatable bonds is 4. The number of hydrogen-bond acceptors (Lipinski definition) is 4. The number of hydrogen-bond donors (Lipinski definition) is 1. The molecule has 2 N–H and O–H groups in total. The summed E-state index contributed by atoms with van der Waals surface area (Å²) in [4.78, 5) is 25.3. The number of guanidine groups is 1. The molecule has 0 bridgehead atoms. The van der Waals surface area contributed by atoms with Gasteiger partial charge in [0.1, 0.15) is 12.4 Å². The van der Waals surface area contributed by atoms with Gasteiger partial charge in [-0.1, -0.05) is 18.2 Å². The van der Waals surface area contributed by atoms with Gasteiger partial charge in [-0.05, 0) is 36.4 Å². The second-order valence-electron chi connectivity index (χ2n) is 7.83. The van der Waals surface area contributed by atoms with Gasteiger partial charge in [-0.25, -0.2) is 9.38 Å². The van der Waals surface area contributed by atoms with Crippen LogP contribution in [-0.2, 0) is 4.79 Å². The second-order valence-corrected chi connectivity index (χ2v) is 7.83. The van der Waals surface area contributed by atoms with Crippen molar-refractivity contribution in [2.24, 2.45) is 10.7 Å². The molecule has 9 heteroatoms. The van der Waals surface area contributed by atoms with E-state index in [9.17, 15) is 9.18 Å². The first-order valence-electron chi connectivity index (χ1n) is 10.7. The second kappa shape index (κ2) is 11.3. The summed E-state index contributed by atoms with van der Waals surface area (Å²) in [6, 6.07) is 16.8. The Balaban J connectivity index is 0.00000289. The Labute approximate surface area is 205 Å². The van der Waals surface area contributed by atoms with Crippen LogP contribution >= 0.6 is 24.0 Å². The molecule has 0 radical (unpaired) electrons. The van der Waals surface area contributed by atoms with Crippen LogP contribution in [0.15, 0.2) is 59.6 Å². The average Bonchev–Trinajstić information content (AvgIpc) is 2.83. The molecule has 0 aliphatic carbocycles. The van der Waals surface area contributed by atoms with Gasteiger partial charge in [0.05, 0.1) is 0 Å². The van der Waals surface area contributed by atoms with Crippen LogP contribution in [0.25, 0.3) is 0 Å². The largest absolute Gasteiger partial charge is 0.370 e. The highest BCUT2D eigenvalue weighted by molar-refractivity contribution is 14.0. The molecule has 2 saturated heterocycles. The van der Waals surface area contributed by atoms with Gasteiger partial charge in [0.25, 0.3) is 0 Å². The topological polar surface area (TPSA) is 68.4 Å². The zero-order chi connectivity index (χ0) is 21.6. The summed E-state index contributed by atoms with van der Waals surface area (Å²) in [5, 5.41) is 0. The van der Waals surface area contributed by atoms with Crippen LogP contribution < -0.4 is 15.5 Å². The maximum atomic E-state index is 13.1. The van der Waals surface area contributed by atoms with Gasteiger partial charge in [0, 0.05) is 63.7 Å². The van der Waals surface area contributed by atoms with Crippen LogP contribution in [0.5, 0.6) is 0 Å². The van der Waals surface area contributed by atoms with Gasteiger partial charge in [0.2, 0.25) is 5.91 Å². The number of benzene rings is 2. The van der Waals surface area contributed by atoms with E-state index in [4.69, 9.17) is 5.73 Å². The summed E-state index contributed by atoms with van der Waals surface area (Å²) in [5.74, 6) is 0.195. The summed E-state index contributed by atoms with van der Waals surface area (Å²) < 4.78 is 13.1. The van der Waals surface area contributed by atoms with Gasteiger partial charge in [0.15, 0.2) is 5.96 Å². The first kappa shape index (κ1) is 24.1. The Hall–Kier alpha value is -2.56. The van der Waals surface area contributed by atoms with E-state index in [1.807, 2.05) is 28.0 Å². The van der Waals surface area contributed by atoms with Crippen molar-refractivity contribution in [2.75, 3.05) is 68.7 Å². The van der Waals surface area contributed by atoms with Crippen molar-refractivity contribution >= 4 is 47.2 Å². The number of anilines is 2. The predicted molar refractivity (Wildman–Crippen MR) is 137 cm³/mol.